The Labute approximate surface area is 72.2 Å². The molecule has 0 aromatic carbocycles. The number of hydrogen-bond donors (Lipinski definition) is 0. The van der Waals surface area contributed by atoms with E-state index in [-0.39, 0.29) is 0 Å². The van der Waals surface area contributed by atoms with Gasteiger partial charge in [-0.05, 0) is 12.7 Å². The first-order valence-corrected chi connectivity index (χ1v) is 4.92. The van der Waals surface area contributed by atoms with Crippen molar-refractivity contribution in [2.24, 2.45) is 0 Å². The molecule has 0 amide bonds. The van der Waals surface area contributed by atoms with Crippen molar-refractivity contribution in [3.63, 3.8) is 0 Å². The molecule has 0 saturated carbocycles. The van der Waals surface area contributed by atoms with Crippen molar-refractivity contribution in [1.29, 1.82) is 0 Å². The fourth-order valence-electron chi connectivity index (χ4n) is 1.77. The molecule has 64 valence electrons. The van der Waals surface area contributed by atoms with Gasteiger partial charge in [0.25, 0.3) is 0 Å². The maximum absolute atomic E-state index is 2.36. The van der Waals surface area contributed by atoms with E-state index < -0.39 is 0 Å². The van der Waals surface area contributed by atoms with Gasteiger partial charge >= 0.3 is 0 Å². The molecule has 0 rings (SSSR count). The van der Waals surface area contributed by atoms with Crippen LogP contribution in [-0.4, -0.2) is 6.71 Å². The molecule has 1 atom stereocenters. The molecule has 0 radical (unpaired) electrons. The Morgan fingerprint density at radius 2 is 1.73 bits per heavy atom. The van der Waals surface area contributed by atoms with E-state index in [1.165, 1.54) is 19.1 Å². The number of hydrogen-bond acceptors (Lipinski definition) is 0. The van der Waals surface area contributed by atoms with Gasteiger partial charge in [-0.25, -0.2) is 0 Å². The number of rotatable bonds is 5. The first-order valence-electron chi connectivity index (χ1n) is 4.92. The van der Waals surface area contributed by atoms with E-state index in [0.29, 0.717) is 0 Å². The van der Waals surface area contributed by atoms with E-state index in [4.69, 9.17) is 0 Å². The third-order valence-corrected chi connectivity index (χ3v) is 2.57. The summed E-state index contributed by atoms with van der Waals surface area (Å²) in [6.07, 6.45) is 8.47. The van der Waals surface area contributed by atoms with Crippen LogP contribution in [0, 0.1) is 0 Å². The summed E-state index contributed by atoms with van der Waals surface area (Å²) in [6, 6.07) is 0. The normalized spacial score (nSPS) is 13.8. The SMILES string of the molecule is CC=CC(CC)B(CC)CC. The van der Waals surface area contributed by atoms with Gasteiger partial charge in [0.15, 0.2) is 0 Å². The zero-order valence-corrected chi connectivity index (χ0v) is 8.43. The highest BCUT2D eigenvalue weighted by Gasteiger charge is 2.16. The standard InChI is InChI=1S/C10H21B/c1-5-9-10(6-2)11(7-3)8-4/h5,9-10H,6-8H2,1-4H3. The van der Waals surface area contributed by atoms with Crippen molar-refractivity contribution in [3.05, 3.63) is 12.2 Å². The second kappa shape index (κ2) is 6.51. The predicted molar refractivity (Wildman–Crippen MR) is 55.6 cm³/mol. The van der Waals surface area contributed by atoms with E-state index in [1.807, 2.05) is 0 Å². The minimum atomic E-state index is 0.815. The summed E-state index contributed by atoms with van der Waals surface area (Å²) in [6.45, 7) is 9.88. The highest BCUT2D eigenvalue weighted by Crippen LogP contribution is 2.22. The summed E-state index contributed by atoms with van der Waals surface area (Å²) in [5, 5.41) is 0. The van der Waals surface area contributed by atoms with Crippen molar-refractivity contribution in [2.75, 3.05) is 0 Å². The second-order valence-electron chi connectivity index (χ2n) is 3.17. The van der Waals surface area contributed by atoms with Crippen LogP contribution >= 0.6 is 0 Å². The fraction of sp³-hybridized carbons (Fsp3) is 0.800. The molecule has 0 spiro atoms. The monoisotopic (exact) mass is 152 g/mol. The van der Waals surface area contributed by atoms with Gasteiger partial charge in [0, 0.05) is 0 Å². The van der Waals surface area contributed by atoms with Crippen molar-refractivity contribution in [1.82, 2.24) is 0 Å². The molecule has 0 N–H and O–H groups in total. The predicted octanol–water partition coefficient (Wildman–Crippen LogP) is 3.88. The van der Waals surface area contributed by atoms with Crippen molar-refractivity contribution < 1.29 is 0 Å². The van der Waals surface area contributed by atoms with Crippen molar-refractivity contribution in [2.45, 2.75) is 52.6 Å². The third-order valence-electron chi connectivity index (χ3n) is 2.57. The molecule has 0 nitrogen and oxygen atoms in total. The first-order chi connectivity index (χ1) is 5.29. The van der Waals surface area contributed by atoms with Crippen LogP contribution in [0.15, 0.2) is 12.2 Å². The maximum Gasteiger partial charge on any atom is 0.146 e. The molecule has 0 aromatic rings. The molecule has 0 aliphatic carbocycles. The highest BCUT2D eigenvalue weighted by atomic mass is 13.9. The van der Waals surface area contributed by atoms with E-state index in [9.17, 15) is 0 Å². The lowest BCUT2D eigenvalue weighted by molar-refractivity contribution is 0.911. The minimum Gasteiger partial charge on any atom is -0.0929 e. The molecule has 1 heteroatoms. The van der Waals surface area contributed by atoms with E-state index in [0.717, 1.165) is 12.5 Å². The van der Waals surface area contributed by atoms with Crippen molar-refractivity contribution in [3.8, 4) is 0 Å². The number of allylic oxidation sites excluding steroid dienone is 2. The van der Waals surface area contributed by atoms with Crippen LogP contribution in [0.25, 0.3) is 0 Å². The molecular formula is C10H21B. The maximum atomic E-state index is 2.36. The Morgan fingerprint density at radius 3 is 2.00 bits per heavy atom. The molecule has 0 saturated heterocycles. The molecule has 11 heavy (non-hydrogen) atoms. The van der Waals surface area contributed by atoms with Crippen LogP contribution in [0.5, 0.6) is 0 Å². The molecule has 1 unspecified atom stereocenters. The van der Waals surface area contributed by atoms with Gasteiger partial charge in [-0.2, -0.15) is 0 Å². The smallest absolute Gasteiger partial charge is 0.0929 e. The second-order valence-corrected chi connectivity index (χ2v) is 3.17. The summed E-state index contributed by atoms with van der Waals surface area (Å²) in [5.41, 5.74) is 0. The van der Waals surface area contributed by atoms with Crippen LogP contribution in [0.3, 0.4) is 0 Å². The van der Waals surface area contributed by atoms with Crippen LogP contribution in [-0.2, 0) is 0 Å². The Morgan fingerprint density at radius 1 is 1.18 bits per heavy atom. The average Bonchev–Trinajstić information content (AvgIpc) is 2.05. The van der Waals surface area contributed by atoms with Gasteiger partial charge in [0.1, 0.15) is 6.71 Å². The summed E-state index contributed by atoms with van der Waals surface area (Å²) < 4.78 is 0. The Hall–Kier alpha value is -0.195. The van der Waals surface area contributed by atoms with E-state index in [2.05, 4.69) is 39.8 Å². The quantitative estimate of drug-likeness (QED) is 0.414. The van der Waals surface area contributed by atoms with Crippen LogP contribution < -0.4 is 0 Å². The Balaban J connectivity index is 3.97. The van der Waals surface area contributed by atoms with E-state index in [1.54, 1.807) is 0 Å². The third kappa shape index (κ3) is 3.64. The summed E-state index contributed by atoms with van der Waals surface area (Å²) >= 11 is 0. The van der Waals surface area contributed by atoms with Gasteiger partial charge in [-0.3, -0.25) is 0 Å². The molecule has 0 aliphatic rings. The zero-order chi connectivity index (χ0) is 8.69. The lowest BCUT2D eigenvalue weighted by Crippen LogP contribution is -2.16. The molecule has 0 heterocycles. The molecule has 0 bridgehead atoms. The average molecular weight is 152 g/mol. The topological polar surface area (TPSA) is 0 Å². The molecular weight excluding hydrogens is 131 g/mol. The van der Waals surface area contributed by atoms with Gasteiger partial charge in [-0.15, -0.1) is 0 Å². The lowest BCUT2D eigenvalue weighted by Gasteiger charge is -2.16. The summed E-state index contributed by atoms with van der Waals surface area (Å²) in [5.74, 6) is 0.815. The zero-order valence-electron chi connectivity index (χ0n) is 8.43. The molecule has 0 aliphatic heterocycles. The molecule has 0 aromatic heterocycles. The van der Waals surface area contributed by atoms with Gasteiger partial charge in [0.2, 0.25) is 0 Å². The highest BCUT2D eigenvalue weighted by molar-refractivity contribution is 6.60. The van der Waals surface area contributed by atoms with Crippen LogP contribution in [0.4, 0.5) is 0 Å². The Bertz CT molecular complexity index is 103. The van der Waals surface area contributed by atoms with Crippen molar-refractivity contribution >= 4 is 6.71 Å². The Kier molecular flexibility index (Phi) is 6.40. The van der Waals surface area contributed by atoms with Gasteiger partial charge in [-0.1, -0.05) is 52.0 Å². The lowest BCUT2D eigenvalue weighted by atomic mass is 9.37. The van der Waals surface area contributed by atoms with Crippen LogP contribution in [0.1, 0.15) is 34.1 Å². The van der Waals surface area contributed by atoms with Gasteiger partial charge in [0.05, 0.1) is 0 Å². The fourth-order valence-corrected chi connectivity index (χ4v) is 1.77. The first kappa shape index (κ1) is 10.8. The molecule has 0 fully saturated rings. The minimum absolute atomic E-state index is 0.815. The largest absolute Gasteiger partial charge is 0.146 e. The summed E-state index contributed by atoms with van der Waals surface area (Å²) in [7, 11) is 0. The van der Waals surface area contributed by atoms with Gasteiger partial charge < -0.3 is 0 Å². The summed E-state index contributed by atoms with van der Waals surface area (Å²) in [4.78, 5) is 0. The van der Waals surface area contributed by atoms with Crippen LogP contribution in [0.2, 0.25) is 18.5 Å². The van der Waals surface area contributed by atoms with E-state index >= 15 is 0 Å².